The molecule has 1 fully saturated rings. The number of hydrogen-bond donors (Lipinski definition) is 1. The Bertz CT molecular complexity index is 1290. The molecule has 0 atom stereocenters. The monoisotopic (exact) mass is 535 g/mol. The largest absolute Gasteiger partial charge is 0.496 e. The van der Waals surface area contributed by atoms with Crippen molar-refractivity contribution in [3.63, 3.8) is 0 Å². The van der Waals surface area contributed by atoms with Crippen molar-refractivity contribution in [1.82, 2.24) is 15.1 Å². The van der Waals surface area contributed by atoms with Crippen LogP contribution in [0.1, 0.15) is 63.6 Å². The second-order valence-corrected chi connectivity index (χ2v) is 9.61. The Balaban J connectivity index is 1.37. The first-order valence-corrected chi connectivity index (χ1v) is 12.4. The first-order chi connectivity index (χ1) is 17.6. The number of hydrogen-bond acceptors (Lipinski definition) is 4. The molecule has 1 aromatic heterocycles. The lowest BCUT2D eigenvalue weighted by Gasteiger charge is -2.14. The van der Waals surface area contributed by atoms with Gasteiger partial charge in [0.15, 0.2) is 5.69 Å². The van der Waals surface area contributed by atoms with Crippen molar-refractivity contribution >= 4 is 17.5 Å². The van der Waals surface area contributed by atoms with Crippen molar-refractivity contribution in [3.05, 3.63) is 75.1 Å². The summed E-state index contributed by atoms with van der Waals surface area (Å²) >= 11 is 6.02. The summed E-state index contributed by atoms with van der Waals surface area (Å²) in [6.07, 6.45) is -2.60. The highest BCUT2D eigenvalue weighted by atomic mass is 35.5. The Morgan fingerprint density at radius 3 is 2.59 bits per heavy atom. The number of rotatable bonds is 10. The van der Waals surface area contributed by atoms with Crippen molar-refractivity contribution in [3.8, 4) is 11.5 Å². The van der Waals surface area contributed by atoms with Crippen molar-refractivity contribution in [2.24, 2.45) is 0 Å². The number of carbonyl (C=O) groups is 1. The van der Waals surface area contributed by atoms with Gasteiger partial charge in [-0.05, 0) is 68.5 Å². The van der Waals surface area contributed by atoms with E-state index in [1.807, 2.05) is 32.0 Å². The molecule has 0 unspecified atom stereocenters. The molecule has 0 saturated heterocycles. The minimum atomic E-state index is -4.60. The third-order valence-electron chi connectivity index (χ3n) is 6.27. The zero-order valence-corrected chi connectivity index (χ0v) is 21.7. The Morgan fingerprint density at radius 1 is 1.16 bits per heavy atom. The summed E-state index contributed by atoms with van der Waals surface area (Å²) in [5, 5.41) is 6.24. The highest BCUT2D eigenvalue weighted by molar-refractivity contribution is 6.32. The van der Waals surface area contributed by atoms with Crippen molar-refractivity contribution in [1.29, 1.82) is 0 Å². The quantitative estimate of drug-likeness (QED) is 0.303. The van der Waals surface area contributed by atoms with Crippen LogP contribution in [0.2, 0.25) is 5.02 Å². The van der Waals surface area contributed by atoms with Crippen LogP contribution in [-0.2, 0) is 19.3 Å². The molecule has 2 aromatic carbocycles. The van der Waals surface area contributed by atoms with Gasteiger partial charge in [-0.2, -0.15) is 18.3 Å². The summed E-state index contributed by atoms with van der Waals surface area (Å²) in [7, 11) is 1.55. The topological polar surface area (TPSA) is 65.4 Å². The molecule has 1 saturated carbocycles. The summed E-state index contributed by atoms with van der Waals surface area (Å²) in [6, 6.07) is 11.0. The fraction of sp³-hybridized carbons (Fsp3) is 0.407. The molecule has 4 rings (SSSR count). The molecule has 0 bridgehead atoms. The summed E-state index contributed by atoms with van der Waals surface area (Å²) in [4.78, 5) is 12.8. The molecule has 1 amide bonds. The van der Waals surface area contributed by atoms with E-state index in [0.29, 0.717) is 23.4 Å². The standard InChI is InChI=1S/C27H29ClF3N3O3/c1-16-5-6-17(2)22(13-16)37-15-20-14-19(9-10-21(20)36-3)26(35)32-11-4-12-34-24(18-7-8-18)23(28)25(33-34)27(29,30)31/h5-6,9-10,13-14,18H,4,7-8,11-12,15H2,1-3H3,(H,32,35). The van der Waals surface area contributed by atoms with Gasteiger partial charge in [0.2, 0.25) is 0 Å². The lowest BCUT2D eigenvalue weighted by Crippen LogP contribution is -2.25. The van der Waals surface area contributed by atoms with Crippen molar-refractivity contribution in [2.75, 3.05) is 13.7 Å². The number of alkyl halides is 3. The molecule has 1 N–H and O–H groups in total. The molecule has 0 spiro atoms. The minimum Gasteiger partial charge on any atom is -0.496 e. The molecule has 6 nitrogen and oxygen atoms in total. The van der Waals surface area contributed by atoms with Gasteiger partial charge in [0.05, 0.1) is 17.8 Å². The number of halogens is 4. The maximum atomic E-state index is 13.2. The Hall–Kier alpha value is -3.20. The molecule has 0 radical (unpaired) electrons. The second kappa shape index (κ2) is 11.0. The SMILES string of the molecule is COc1ccc(C(=O)NCCCn2nc(C(F)(F)F)c(Cl)c2C2CC2)cc1COc1cc(C)ccc1C. The third-order valence-corrected chi connectivity index (χ3v) is 6.64. The smallest absolute Gasteiger partial charge is 0.436 e. The van der Waals surface area contributed by atoms with E-state index in [1.165, 1.54) is 4.68 Å². The van der Waals surface area contributed by atoms with Crippen LogP contribution >= 0.6 is 11.6 Å². The van der Waals surface area contributed by atoms with Gasteiger partial charge in [0.25, 0.3) is 5.91 Å². The van der Waals surface area contributed by atoms with Gasteiger partial charge in [0.1, 0.15) is 18.1 Å². The normalized spacial score (nSPS) is 13.5. The van der Waals surface area contributed by atoms with Crippen LogP contribution in [0.3, 0.4) is 0 Å². The van der Waals surface area contributed by atoms with E-state index in [0.717, 1.165) is 35.3 Å². The third kappa shape index (κ3) is 6.39. The fourth-order valence-electron chi connectivity index (χ4n) is 4.14. The molecule has 10 heteroatoms. The number of nitrogens with one attached hydrogen (secondary N) is 1. The second-order valence-electron chi connectivity index (χ2n) is 9.24. The van der Waals surface area contributed by atoms with E-state index in [-0.39, 0.29) is 36.5 Å². The number of amides is 1. The Labute approximate surface area is 218 Å². The van der Waals surface area contributed by atoms with Gasteiger partial charge in [-0.3, -0.25) is 9.48 Å². The van der Waals surface area contributed by atoms with Crippen LogP contribution in [0, 0.1) is 13.8 Å². The minimum absolute atomic E-state index is 0.00854. The lowest BCUT2D eigenvalue weighted by atomic mass is 10.1. The average Bonchev–Trinajstić information content (AvgIpc) is 3.63. The zero-order valence-electron chi connectivity index (χ0n) is 20.9. The number of nitrogens with zero attached hydrogens (tertiary/aromatic N) is 2. The van der Waals surface area contributed by atoms with Gasteiger partial charge in [-0.15, -0.1) is 0 Å². The van der Waals surface area contributed by atoms with E-state index >= 15 is 0 Å². The number of aromatic nitrogens is 2. The highest BCUT2D eigenvalue weighted by Crippen LogP contribution is 2.46. The fourth-order valence-corrected chi connectivity index (χ4v) is 4.53. The predicted molar refractivity (Wildman–Crippen MR) is 134 cm³/mol. The summed E-state index contributed by atoms with van der Waals surface area (Å²) in [5.74, 6) is 1.07. The molecule has 0 aliphatic heterocycles. The lowest BCUT2D eigenvalue weighted by molar-refractivity contribution is -0.141. The summed E-state index contributed by atoms with van der Waals surface area (Å²) < 4.78 is 52.5. The molecule has 198 valence electrons. The Kier molecular flexibility index (Phi) is 8.02. The van der Waals surface area contributed by atoms with E-state index < -0.39 is 11.9 Å². The van der Waals surface area contributed by atoms with Crippen molar-refractivity contribution < 1.29 is 27.4 Å². The molecule has 37 heavy (non-hydrogen) atoms. The van der Waals surface area contributed by atoms with Crippen LogP contribution in [0.15, 0.2) is 36.4 Å². The van der Waals surface area contributed by atoms with E-state index in [4.69, 9.17) is 21.1 Å². The molecule has 1 aliphatic rings. The van der Waals surface area contributed by atoms with Crippen LogP contribution < -0.4 is 14.8 Å². The van der Waals surface area contributed by atoms with Crippen LogP contribution in [0.5, 0.6) is 11.5 Å². The van der Waals surface area contributed by atoms with Gasteiger partial charge in [-0.25, -0.2) is 0 Å². The molecule has 3 aromatic rings. The van der Waals surface area contributed by atoms with Gasteiger partial charge in [-0.1, -0.05) is 23.7 Å². The van der Waals surface area contributed by atoms with Crippen LogP contribution in [0.4, 0.5) is 13.2 Å². The maximum Gasteiger partial charge on any atom is 0.436 e. The summed E-state index contributed by atoms with van der Waals surface area (Å²) in [5.41, 5.74) is 2.62. The first kappa shape index (κ1) is 26.9. The molecular formula is C27H29ClF3N3O3. The number of carbonyl (C=O) groups excluding carboxylic acids is 1. The van der Waals surface area contributed by atoms with Gasteiger partial charge >= 0.3 is 6.18 Å². The average molecular weight is 536 g/mol. The van der Waals surface area contributed by atoms with Gasteiger partial charge in [0, 0.05) is 30.1 Å². The van der Waals surface area contributed by atoms with E-state index in [9.17, 15) is 18.0 Å². The number of ether oxygens (including phenoxy) is 2. The zero-order chi connectivity index (χ0) is 26.7. The van der Waals surface area contributed by atoms with Crippen LogP contribution in [-0.4, -0.2) is 29.3 Å². The number of aryl methyl sites for hydroxylation is 3. The van der Waals surface area contributed by atoms with Crippen LogP contribution in [0.25, 0.3) is 0 Å². The van der Waals surface area contributed by atoms with Crippen molar-refractivity contribution in [2.45, 2.75) is 58.4 Å². The molecule has 1 aliphatic carbocycles. The van der Waals surface area contributed by atoms with E-state index in [2.05, 4.69) is 10.4 Å². The number of methoxy groups -OCH3 is 1. The maximum absolute atomic E-state index is 13.2. The van der Waals surface area contributed by atoms with Gasteiger partial charge < -0.3 is 14.8 Å². The first-order valence-electron chi connectivity index (χ1n) is 12.1. The Morgan fingerprint density at radius 2 is 1.92 bits per heavy atom. The number of benzene rings is 2. The van der Waals surface area contributed by atoms with E-state index in [1.54, 1.807) is 25.3 Å². The summed E-state index contributed by atoms with van der Waals surface area (Å²) in [6.45, 7) is 4.66. The predicted octanol–water partition coefficient (Wildman–Crippen LogP) is 6.46. The molecule has 1 heterocycles. The molecular weight excluding hydrogens is 507 g/mol. The highest BCUT2D eigenvalue weighted by Gasteiger charge is 2.41.